The van der Waals surface area contributed by atoms with Crippen molar-refractivity contribution in [1.82, 2.24) is 9.80 Å². The monoisotopic (exact) mass is 265 g/mol. The Morgan fingerprint density at radius 1 is 1.56 bits per heavy atom. The predicted octanol–water partition coefficient (Wildman–Crippen LogP) is -0.499. The van der Waals surface area contributed by atoms with Gasteiger partial charge < -0.3 is 15.5 Å². The van der Waals surface area contributed by atoms with Gasteiger partial charge in [0, 0.05) is 19.1 Å². The van der Waals surface area contributed by atoms with Gasteiger partial charge >= 0.3 is 0 Å². The van der Waals surface area contributed by atoms with E-state index in [0.717, 1.165) is 13.0 Å². The van der Waals surface area contributed by atoms with Gasteiger partial charge in [-0.3, -0.25) is 9.59 Å². The Kier molecular flexibility index (Phi) is 4.89. The van der Waals surface area contributed by atoms with E-state index in [4.69, 9.17) is 5.73 Å². The third-order valence-electron chi connectivity index (χ3n) is 2.73. The lowest BCUT2D eigenvalue weighted by atomic mass is 10.3. The third kappa shape index (κ3) is 3.02. The van der Waals surface area contributed by atoms with Crippen LogP contribution in [0.25, 0.3) is 0 Å². The number of halogens is 1. The molecule has 2 amide bonds. The molecule has 2 aliphatic rings. The van der Waals surface area contributed by atoms with Crippen molar-refractivity contribution in [2.45, 2.75) is 12.5 Å². The van der Waals surface area contributed by atoms with Gasteiger partial charge in [-0.1, -0.05) is 0 Å². The van der Waals surface area contributed by atoms with Crippen LogP contribution in [-0.4, -0.2) is 58.9 Å². The first-order valence-corrected chi connectivity index (χ1v) is 6.21. The van der Waals surface area contributed by atoms with Crippen LogP contribution in [-0.2, 0) is 9.59 Å². The SMILES string of the molecule is Cl.N[C@@H]1CCN(C(=O)CN2CSCC2=O)C1. The zero-order chi connectivity index (χ0) is 10.8. The summed E-state index contributed by atoms with van der Waals surface area (Å²) in [6.07, 6.45) is 0.869. The van der Waals surface area contributed by atoms with Crippen molar-refractivity contribution >= 4 is 36.0 Å². The number of hydrogen-bond donors (Lipinski definition) is 1. The van der Waals surface area contributed by atoms with E-state index in [9.17, 15) is 9.59 Å². The molecule has 2 fully saturated rings. The van der Waals surface area contributed by atoms with Crippen molar-refractivity contribution < 1.29 is 9.59 Å². The summed E-state index contributed by atoms with van der Waals surface area (Å²) in [7, 11) is 0. The maximum absolute atomic E-state index is 11.8. The molecule has 7 heteroatoms. The van der Waals surface area contributed by atoms with Crippen LogP contribution < -0.4 is 5.73 Å². The van der Waals surface area contributed by atoms with E-state index in [0.29, 0.717) is 18.2 Å². The van der Waals surface area contributed by atoms with Crippen LogP contribution in [0.5, 0.6) is 0 Å². The molecule has 0 aromatic heterocycles. The number of hydrogen-bond acceptors (Lipinski definition) is 4. The van der Waals surface area contributed by atoms with Gasteiger partial charge in [0.1, 0.15) is 6.54 Å². The van der Waals surface area contributed by atoms with Crippen molar-refractivity contribution in [2.24, 2.45) is 5.73 Å². The second-order valence-corrected chi connectivity index (χ2v) is 4.91. The molecule has 2 saturated heterocycles. The van der Waals surface area contributed by atoms with E-state index in [1.165, 1.54) is 0 Å². The number of thioether (sulfide) groups is 1. The Morgan fingerprint density at radius 3 is 2.81 bits per heavy atom. The van der Waals surface area contributed by atoms with Gasteiger partial charge in [0.25, 0.3) is 0 Å². The number of likely N-dealkylation sites (tertiary alicyclic amines) is 1. The first-order valence-electron chi connectivity index (χ1n) is 5.05. The number of carbonyl (C=O) groups excluding carboxylic acids is 2. The molecule has 0 aliphatic carbocycles. The third-order valence-corrected chi connectivity index (χ3v) is 3.67. The maximum atomic E-state index is 11.8. The summed E-state index contributed by atoms with van der Waals surface area (Å²) in [5.41, 5.74) is 5.72. The minimum Gasteiger partial charge on any atom is -0.340 e. The second-order valence-electron chi connectivity index (χ2n) is 3.96. The molecule has 2 heterocycles. The first kappa shape index (κ1) is 13.6. The molecule has 1 atom stereocenters. The molecule has 5 nitrogen and oxygen atoms in total. The fourth-order valence-corrected chi connectivity index (χ4v) is 2.72. The van der Waals surface area contributed by atoms with Crippen LogP contribution in [0.15, 0.2) is 0 Å². The van der Waals surface area contributed by atoms with E-state index >= 15 is 0 Å². The van der Waals surface area contributed by atoms with Crippen LogP contribution in [0.4, 0.5) is 0 Å². The number of nitrogens with zero attached hydrogens (tertiary/aromatic N) is 2. The molecule has 16 heavy (non-hydrogen) atoms. The smallest absolute Gasteiger partial charge is 0.242 e. The fraction of sp³-hybridized carbons (Fsp3) is 0.778. The summed E-state index contributed by atoms with van der Waals surface area (Å²) >= 11 is 1.56. The number of rotatable bonds is 2. The Morgan fingerprint density at radius 2 is 2.31 bits per heavy atom. The van der Waals surface area contributed by atoms with Crippen molar-refractivity contribution in [1.29, 1.82) is 0 Å². The summed E-state index contributed by atoms with van der Waals surface area (Å²) < 4.78 is 0. The molecule has 2 aliphatic heterocycles. The Hall–Kier alpha value is -0.460. The highest BCUT2D eigenvalue weighted by atomic mass is 35.5. The van der Waals surface area contributed by atoms with Crippen LogP contribution in [0, 0.1) is 0 Å². The lowest BCUT2D eigenvalue weighted by Gasteiger charge is -2.20. The highest BCUT2D eigenvalue weighted by molar-refractivity contribution is 8.00. The molecule has 0 saturated carbocycles. The molecule has 0 spiro atoms. The maximum Gasteiger partial charge on any atom is 0.242 e. The second kappa shape index (κ2) is 5.75. The van der Waals surface area contributed by atoms with Gasteiger partial charge in [0.05, 0.1) is 11.6 Å². The Balaban J connectivity index is 0.00000128. The number of amides is 2. The van der Waals surface area contributed by atoms with Crippen molar-refractivity contribution in [3.63, 3.8) is 0 Å². The normalized spacial score (nSPS) is 24.8. The summed E-state index contributed by atoms with van der Waals surface area (Å²) in [5, 5.41) is 0. The Bertz CT molecular complexity index is 290. The summed E-state index contributed by atoms with van der Waals surface area (Å²) in [6.45, 7) is 1.59. The van der Waals surface area contributed by atoms with E-state index in [-0.39, 0.29) is 36.8 Å². The van der Waals surface area contributed by atoms with Crippen molar-refractivity contribution in [3.05, 3.63) is 0 Å². The molecule has 92 valence electrons. The van der Waals surface area contributed by atoms with E-state index in [2.05, 4.69) is 0 Å². The summed E-state index contributed by atoms with van der Waals surface area (Å²) in [4.78, 5) is 26.4. The van der Waals surface area contributed by atoms with Gasteiger partial charge in [0.2, 0.25) is 11.8 Å². The molecule has 2 rings (SSSR count). The van der Waals surface area contributed by atoms with Crippen LogP contribution in [0.1, 0.15) is 6.42 Å². The van der Waals surface area contributed by atoms with Gasteiger partial charge in [-0.15, -0.1) is 24.2 Å². The largest absolute Gasteiger partial charge is 0.340 e. The molecule has 0 aromatic carbocycles. The predicted molar refractivity (Wildman–Crippen MR) is 65.5 cm³/mol. The fourth-order valence-electron chi connectivity index (χ4n) is 1.82. The zero-order valence-corrected chi connectivity index (χ0v) is 10.6. The lowest BCUT2D eigenvalue weighted by molar-refractivity contribution is -0.137. The molecular formula is C9H16ClN3O2S. The van der Waals surface area contributed by atoms with Gasteiger partial charge in [-0.05, 0) is 6.42 Å². The average Bonchev–Trinajstić information content (AvgIpc) is 2.77. The molecule has 0 radical (unpaired) electrons. The van der Waals surface area contributed by atoms with E-state index < -0.39 is 0 Å². The minimum absolute atomic E-state index is 0. The molecule has 2 N–H and O–H groups in total. The highest BCUT2D eigenvalue weighted by Gasteiger charge is 2.28. The minimum atomic E-state index is 0. The van der Waals surface area contributed by atoms with E-state index in [1.54, 1.807) is 21.6 Å². The van der Waals surface area contributed by atoms with Crippen LogP contribution in [0.3, 0.4) is 0 Å². The average molecular weight is 266 g/mol. The molecule has 0 bridgehead atoms. The number of carbonyl (C=O) groups is 2. The van der Waals surface area contributed by atoms with Crippen molar-refractivity contribution in [2.75, 3.05) is 31.3 Å². The first-order chi connectivity index (χ1) is 7.16. The van der Waals surface area contributed by atoms with Crippen LogP contribution >= 0.6 is 24.2 Å². The Labute approximate surface area is 105 Å². The summed E-state index contributed by atoms with van der Waals surface area (Å²) in [5.74, 6) is 1.24. The topological polar surface area (TPSA) is 66.6 Å². The summed E-state index contributed by atoms with van der Waals surface area (Å²) in [6, 6.07) is 0.109. The van der Waals surface area contributed by atoms with Gasteiger partial charge in [-0.2, -0.15) is 0 Å². The zero-order valence-electron chi connectivity index (χ0n) is 8.92. The van der Waals surface area contributed by atoms with E-state index in [1.807, 2.05) is 0 Å². The molecule has 0 aromatic rings. The highest BCUT2D eigenvalue weighted by Crippen LogP contribution is 2.15. The quantitative estimate of drug-likeness (QED) is 0.731. The molecular weight excluding hydrogens is 250 g/mol. The van der Waals surface area contributed by atoms with Crippen LogP contribution in [0.2, 0.25) is 0 Å². The van der Waals surface area contributed by atoms with Gasteiger partial charge in [-0.25, -0.2) is 0 Å². The standard InChI is InChI=1S/C9H15N3O2S.ClH/c10-7-1-2-11(3-7)8(13)4-12-6-15-5-9(12)14;/h7H,1-6,10H2;1H/t7-;/m1./s1. The van der Waals surface area contributed by atoms with Gasteiger partial charge in [0.15, 0.2) is 0 Å². The lowest BCUT2D eigenvalue weighted by Crippen LogP contribution is -2.40. The number of nitrogens with two attached hydrogens (primary N) is 1. The van der Waals surface area contributed by atoms with Crippen molar-refractivity contribution in [3.8, 4) is 0 Å². The molecule has 0 unspecified atom stereocenters.